The number of carbonyl (C=O) groups is 3. The lowest BCUT2D eigenvalue weighted by atomic mass is 9.97. The SMILES string of the molecule is CC[C@H](C)[C@H](NC(=O)OCC1c2ccccc2-c2ccccc21)C(=O)N[C@H](NC=O)C(C)C. The normalized spacial score (nSPS) is 15.1. The summed E-state index contributed by atoms with van der Waals surface area (Å²) in [5.41, 5.74) is 4.56. The lowest BCUT2D eigenvalue weighted by Gasteiger charge is -2.28. The first-order chi connectivity index (χ1) is 15.9. The maximum absolute atomic E-state index is 12.9. The number of amides is 3. The van der Waals surface area contributed by atoms with E-state index in [1.54, 1.807) is 0 Å². The minimum absolute atomic E-state index is 0.00816. The van der Waals surface area contributed by atoms with Crippen molar-refractivity contribution in [3.8, 4) is 11.1 Å². The van der Waals surface area contributed by atoms with Crippen LogP contribution in [0.4, 0.5) is 4.79 Å². The molecule has 0 bridgehead atoms. The van der Waals surface area contributed by atoms with E-state index in [1.165, 1.54) is 0 Å². The van der Waals surface area contributed by atoms with Gasteiger partial charge in [0.25, 0.3) is 0 Å². The summed E-state index contributed by atoms with van der Waals surface area (Å²) in [6.07, 6.45) is 0.0878. The van der Waals surface area contributed by atoms with Crippen LogP contribution >= 0.6 is 0 Å². The van der Waals surface area contributed by atoms with Crippen LogP contribution in [-0.4, -0.2) is 37.2 Å². The highest BCUT2D eigenvalue weighted by molar-refractivity contribution is 5.86. The maximum atomic E-state index is 12.9. The van der Waals surface area contributed by atoms with Crippen LogP contribution in [0.1, 0.15) is 51.2 Å². The van der Waals surface area contributed by atoms with Gasteiger partial charge in [-0.1, -0.05) is 82.6 Å². The summed E-state index contributed by atoms with van der Waals surface area (Å²) in [6, 6.07) is 15.5. The Kier molecular flexibility index (Phi) is 8.09. The van der Waals surface area contributed by atoms with Gasteiger partial charge in [0, 0.05) is 5.92 Å². The molecule has 176 valence electrons. The van der Waals surface area contributed by atoms with Gasteiger partial charge in [0.1, 0.15) is 18.8 Å². The largest absolute Gasteiger partial charge is 0.449 e. The molecule has 0 spiro atoms. The second kappa shape index (κ2) is 11.0. The molecule has 0 heterocycles. The number of ether oxygens (including phenoxy) is 1. The zero-order chi connectivity index (χ0) is 24.0. The van der Waals surface area contributed by atoms with Crippen molar-refractivity contribution >= 4 is 18.4 Å². The van der Waals surface area contributed by atoms with Crippen LogP contribution in [0.2, 0.25) is 0 Å². The molecule has 33 heavy (non-hydrogen) atoms. The Labute approximate surface area is 195 Å². The Hall–Kier alpha value is -3.35. The van der Waals surface area contributed by atoms with E-state index < -0.39 is 18.3 Å². The van der Waals surface area contributed by atoms with Crippen LogP contribution in [0.3, 0.4) is 0 Å². The molecule has 0 aromatic heterocycles. The number of hydrogen-bond donors (Lipinski definition) is 3. The van der Waals surface area contributed by atoms with Crippen LogP contribution in [0, 0.1) is 11.8 Å². The van der Waals surface area contributed by atoms with Crippen molar-refractivity contribution in [3.05, 3.63) is 59.7 Å². The first-order valence-corrected chi connectivity index (χ1v) is 11.5. The van der Waals surface area contributed by atoms with E-state index in [2.05, 4.69) is 40.2 Å². The molecule has 2 aromatic rings. The van der Waals surface area contributed by atoms with Crippen molar-refractivity contribution in [2.75, 3.05) is 6.61 Å². The average molecular weight is 452 g/mol. The van der Waals surface area contributed by atoms with Crippen molar-refractivity contribution in [2.45, 2.75) is 52.2 Å². The van der Waals surface area contributed by atoms with Crippen LogP contribution in [-0.2, 0) is 14.3 Å². The summed E-state index contributed by atoms with van der Waals surface area (Å²) in [4.78, 5) is 36.5. The van der Waals surface area contributed by atoms with E-state index in [0.717, 1.165) is 22.3 Å². The molecule has 7 nitrogen and oxygen atoms in total. The van der Waals surface area contributed by atoms with Gasteiger partial charge in [0.05, 0.1) is 0 Å². The zero-order valence-electron chi connectivity index (χ0n) is 19.6. The molecule has 7 heteroatoms. The molecule has 0 aliphatic heterocycles. The van der Waals surface area contributed by atoms with E-state index in [4.69, 9.17) is 4.74 Å². The van der Waals surface area contributed by atoms with Gasteiger partial charge in [-0.05, 0) is 34.1 Å². The van der Waals surface area contributed by atoms with E-state index in [1.807, 2.05) is 52.0 Å². The third-order valence-electron chi connectivity index (χ3n) is 6.32. The number of alkyl carbamates (subject to hydrolysis) is 1. The van der Waals surface area contributed by atoms with Gasteiger partial charge >= 0.3 is 6.09 Å². The summed E-state index contributed by atoms with van der Waals surface area (Å²) in [5.74, 6) is -0.534. The predicted octanol–water partition coefficient (Wildman–Crippen LogP) is 3.78. The van der Waals surface area contributed by atoms with Gasteiger partial charge in [-0.3, -0.25) is 9.59 Å². The zero-order valence-corrected chi connectivity index (χ0v) is 19.6. The van der Waals surface area contributed by atoms with Crippen LogP contribution in [0.5, 0.6) is 0 Å². The lowest BCUT2D eigenvalue weighted by molar-refractivity contribution is -0.125. The molecular weight excluding hydrogens is 418 g/mol. The summed E-state index contributed by atoms with van der Waals surface area (Å²) < 4.78 is 5.61. The van der Waals surface area contributed by atoms with Gasteiger partial charge < -0.3 is 20.7 Å². The summed E-state index contributed by atoms with van der Waals surface area (Å²) in [7, 11) is 0. The average Bonchev–Trinajstić information content (AvgIpc) is 3.14. The Morgan fingerprint density at radius 1 is 0.970 bits per heavy atom. The minimum atomic E-state index is -0.777. The fourth-order valence-corrected chi connectivity index (χ4v) is 4.19. The fourth-order valence-electron chi connectivity index (χ4n) is 4.19. The molecule has 3 N–H and O–H groups in total. The number of rotatable bonds is 10. The summed E-state index contributed by atoms with van der Waals surface area (Å²) in [6.45, 7) is 7.80. The van der Waals surface area contributed by atoms with Gasteiger partial charge in [0.2, 0.25) is 12.3 Å². The van der Waals surface area contributed by atoms with Crippen molar-refractivity contribution in [2.24, 2.45) is 11.8 Å². The Morgan fingerprint density at radius 3 is 2.06 bits per heavy atom. The summed E-state index contributed by atoms with van der Waals surface area (Å²) in [5, 5.41) is 8.15. The second-order valence-electron chi connectivity index (χ2n) is 8.85. The quantitative estimate of drug-likeness (QED) is 0.378. The van der Waals surface area contributed by atoms with Gasteiger partial charge in [-0.2, -0.15) is 0 Å². The molecule has 1 aliphatic carbocycles. The number of nitrogens with one attached hydrogen (secondary N) is 3. The van der Waals surface area contributed by atoms with E-state index >= 15 is 0 Å². The molecule has 0 saturated carbocycles. The van der Waals surface area contributed by atoms with Gasteiger partial charge in [-0.15, -0.1) is 0 Å². The molecule has 0 fully saturated rings. The highest BCUT2D eigenvalue weighted by Gasteiger charge is 2.31. The third-order valence-corrected chi connectivity index (χ3v) is 6.32. The van der Waals surface area contributed by atoms with Crippen LogP contribution in [0.15, 0.2) is 48.5 Å². The van der Waals surface area contributed by atoms with Crippen molar-refractivity contribution in [1.29, 1.82) is 0 Å². The predicted molar refractivity (Wildman–Crippen MR) is 127 cm³/mol. The topological polar surface area (TPSA) is 96.5 Å². The van der Waals surface area contributed by atoms with Crippen molar-refractivity contribution in [1.82, 2.24) is 16.0 Å². The smallest absolute Gasteiger partial charge is 0.407 e. The molecule has 0 radical (unpaired) electrons. The Bertz CT molecular complexity index is 946. The van der Waals surface area contributed by atoms with Crippen molar-refractivity contribution < 1.29 is 19.1 Å². The number of benzene rings is 2. The van der Waals surface area contributed by atoms with Crippen LogP contribution < -0.4 is 16.0 Å². The number of fused-ring (bicyclic) bond motifs is 3. The Balaban J connectivity index is 1.68. The third kappa shape index (κ3) is 5.53. The molecule has 0 saturated heterocycles. The lowest BCUT2D eigenvalue weighted by Crippen LogP contribution is -2.56. The van der Waals surface area contributed by atoms with E-state index in [9.17, 15) is 14.4 Å². The van der Waals surface area contributed by atoms with E-state index in [0.29, 0.717) is 12.8 Å². The molecule has 3 rings (SSSR count). The minimum Gasteiger partial charge on any atom is -0.449 e. The monoisotopic (exact) mass is 451 g/mol. The van der Waals surface area contributed by atoms with E-state index in [-0.39, 0.29) is 30.3 Å². The second-order valence-corrected chi connectivity index (χ2v) is 8.85. The highest BCUT2D eigenvalue weighted by Crippen LogP contribution is 2.44. The number of hydrogen-bond acceptors (Lipinski definition) is 4. The maximum Gasteiger partial charge on any atom is 0.407 e. The molecule has 0 unspecified atom stereocenters. The Morgan fingerprint density at radius 2 is 1.55 bits per heavy atom. The van der Waals surface area contributed by atoms with Gasteiger partial charge in [-0.25, -0.2) is 4.79 Å². The highest BCUT2D eigenvalue weighted by atomic mass is 16.5. The summed E-state index contributed by atoms with van der Waals surface area (Å²) >= 11 is 0. The molecule has 3 atom stereocenters. The molecular formula is C26H33N3O4. The number of carbonyl (C=O) groups excluding carboxylic acids is 3. The first-order valence-electron chi connectivity index (χ1n) is 11.5. The molecule has 2 aromatic carbocycles. The first kappa shape index (κ1) is 24.3. The molecule has 1 aliphatic rings. The fraction of sp³-hybridized carbons (Fsp3) is 0.423. The van der Waals surface area contributed by atoms with Crippen molar-refractivity contribution in [3.63, 3.8) is 0 Å². The standard InChI is InChI=1S/C26H33N3O4/c1-5-17(4)23(25(31)29-24(16(2)3)27-15-30)28-26(32)33-14-22-20-12-8-6-10-18(20)19-11-7-9-13-21(19)22/h6-13,15-17,22-24H,5,14H2,1-4H3,(H,27,30)(H,28,32)(H,29,31)/t17-,23-,24-/m0/s1. The van der Waals surface area contributed by atoms with Gasteiger partial charge in [0.15, 0.2) is 0 Å². The molecule has 3 amide bonds. The van der Waals surface area contributed by atoms with Crippen LogP contribution in [0.25, 0.3) is 11.1 Å².